The van der Waals surface area contributed by atoms with Gasteiger partial charge in [0.25, 0.3) is 5.91 Å². The van der Waals surface area contributed by atoms with E-state index in [9.17, 15) is 4.79 Å². The van der Waals surface area contributed by atoms with E-state index in [1.807, 2.05) is 11.1 Å². The summed E-state index contributed by atoms with van der Waals surface area (Å²) < 4.78 is 5.74. The van der Waals surface area contributed by atoms with Crippen LogP contribution in [0.5, 0.6) is 0 Å². The van der Waals surface area contributed by atoms with E-state index in [4.69, 9.17) is 16.3 Å². The maximum absolute atomic E-state index is 12.6. The average molecular weight is 397 g/mol. The Kier molecular flexibility index (Phi) is 6.08. The molecule has 1 saturated heterocycles. The third-order valence-corrected chi connectivity index (χ3v) is 5.84. The van der Waals surface area contributed by atoms with Gasteiger partial charge in [-0.3, -0.25) is 9.79 Å². The second kappa shape index (κ2) is 8.89. The van der Waals surface area contributed by atoms with Gasteiger partial charge in [-0.1, -0.05) is 35.9 Å². The molecule has 0 bridgehead atoms. The average Bonchev–Trinajstić information content (AvgIpc) is 2.75. The molecule has 2 heterocycles. The fourth-order valence-corrected chi connectivity index (χ4v) is 4.05. The summed E-state index contributed by atoms with van der Waals surface area (Å²) in [6.45, 7) is 3.08. The minimum atomic E-state index is -0.00933. The number of hydrogen-bond donors (Lipinski definition) is 0. The molecule has 1 atom stereocenters. The quantitative estimate of drug-likeness (QED) is 0.759. The lowest BCUT2D eigenvalue weighted by molar-refractivity contribution is 0.0690. The topological polar surface area (TPSA) is 41.9 Å². The van der Waals surface area contributed by atoms with Gasteiger partial charge < -0.3 is 9.64 Å². The van der Waals surface area contributed by atoms with E-state index >= 15 is 0 Å². The first-order chi connectivity index (χ1) is 13.7. The van der Waals surface area contributed by atoms with Crippen molar-refractivity contribution in [2.45, 2.75) is 25.4 Å². The van der Waals surface area contributed by atoms with Gasteiger partial charge in [0.2, 0.25) is 0 Å². The maximum Gasteiger partial charge on any atom is 0.253 e. The first kappa shape index (κ1) is 19.2. The summed E-state index contributed by atoms with van der Waals surface area (Å²) >= 11 is 5.91. The number of nitrogens with zero attached hydrogens (tertiary/aromatic N) is 2. The molecule has 1 unspecified atom stereocenters. The van der Waals surface area contributed by atoms with Crippen molar-refractivity contribution in [3.63, 3.8) is 0 Å². The molecule has 1 amide bonds. The number of benzene rings is 2. The molecule has 2 aromatic rings. The van der Waals surface area contributed by atoms with Crippen LogP contribution < -0.4 is 0 Å². The minimum absolute atomic E-state index is 0.00933. The number of aliphatic imine (C=N–C) groups is 1. The SMILES string of the molecule is O=C(c1ccc(Cl)cc1)N1CCC(Cc2ccc(C3C=NCCO3)cc2)CC1. The lowest BCUT2D eigenvalue weighted by atomic mass is 9.89. The molecule has 5 heteroatoms. The van der Waals surface area contributed by atoms with Gasteiger partial charge >= 0.3 is 0 Å². The van der Waals surface area contributed by atoms with E-state index in [2.05, 4.69) is 29.3 Å². The number of amides is 1. The number of rotatable bonds is 4. The molecular formula is C23H25ClN2O2. The summed E-state index contributed by atoms with van der Waals surface area (Å²) in [7, 11) is 0. The number of halogens is 1. The zero-order valence-electron chi connectivity index (χ0n) is 15.9. The molecule has 0 aliphatic carbocycles. The highest BCUT2D eigenvalue weighted by atomic mass is 35.5. The predicted molar refractivity (Wildman–Crippen MR) is 112 cm³/mol. The third kappa shape index (κ3) is 4.62. The van der Waals surface area contributed by atoms with Crippen LogP contribution in [0.4, 0.5) is 0 Å². The summed E-state index contributed by atoms with van der Waals surface area (Å²) in [6.07, 6.45) is 5.03. The molecule has 0 radical (unpaired) electrons. The van der Waals surface area contributed by atoms with Crippen molar-refractivity contribution in [2.24, 2.45) is 10.9 Å². The molecule has 0 aromatic heterocycles. The van der Waals surface area contributed by atoms with E-state index in [1.54, 1.807) is 24.3 Å². The Labute approximate surface area is 171 Å². The van der Waals surface area contributed by atoms with E-state index in [-0.39, 0.29) is 12.0 Å². The van der Waals surface area contributed by atoms with Gasteiger partial charge in [-0.15, -0.1) is 0 Å². The highest BCUT2D eigenvalue weighted by Crippen LogP contribution is 2.25. The Hall–Kier alpha value is -2.17. The fourth-order valence-electron chi connectivity index (χ4n) is 3.92. The summed E-state index contributed by atoms with van der Waals surface area (Å²) in [5.74, 6) is 0.723. The second-order valence-electron chi connectivity index (χ2n) is 7.53. The molecule has 146 valence electrons. The highest BCUT2D eigenvalue weighted by molar-refractivity contribution is 6.30. The summed E-state index contributed by atoms with van der Waals surface area (Å²) in [6, 6.07) is 15.9. The summed E-state index contributed by atoms with van der Waals surface area (Å²) in [5.41, 5.74) is 3.22. The van der Waals surface area contributed by atoms with Crippen LogP contribution in [0.25, 0.3) is 0 Å². The largest absolute Gasteiger partial charge is 0.366 e. The molecule has 4 nitrogen and oxygen atoms in total. The molecule has 0 saturated carbocycles. The predicted octanol–water partition coefficient (Wildman–Crippen LogP) is 4.58. The van der Waals surface area contributed by atoms with Crippen molar-refractivity contribution in [3.05, 3.63) is 70.2 Å². The van der Waals surface area contributed by atoms with E-state index in [1.165, 1.54) is 5.56 Å². The van der Waals surface area contributed by atoms with Crippen LogP contribution in [0.15, 0.2) is 53.5 Å². The van der Waals surface area contributed by atoms with E-state index in [0.717, 1.165) is 44.5 Å². The van der Waals surface area contributed by atoms with E-state index in [0.29, 0.717) is 23.1 Å². The Morgan fingerprint density at radius 1 is 1.07 bits per heavy atom. The normalized spacial score (nSPS) is 20.3. The number of ether oxygens (including phenoxy) is 1. The third-order valence-electron chi connectivity index (χ3n) is 5.58. The van der Waals surface area contributed by atoms with Gasteiger partial charge in [-0.2, -0.15) is 0 Å². The van der Waals surface area contributed by atoms with Crippen molar-refractivity contribution >= 4 is 23.7 Å². The van der Waals surface area contributed by atoms with Crippen molar-refractivity contribution in [1.82, 2.24) is 4.90 Å². The Bertz CT molecular complexity index is 825. The highest BCUT2D eigenvalue weighted by Gasteiger charge is 2.24. The molecule has 0 spiro atoms. The van der Waals surface area contributed by atoms with Crippen molar-refractivity contribution in [2.75, 3.05) is 26.2 Å². The van der Waals surface area contributed by atoms with Crippen molar-refractivity contribution < 1.29 is 9.53 Å². The standard InChI is InChI=1S/C23H25ClN2O2/c24-21-7-5-20(6-8-21)23(27)26-12-9-18(10-13-26)15-17-1-3-19(4-2-17)22-16-25-11-14-28-22/h1-8,16,18,22H,9-15H2. The lowest BCUT2D eigenvalue weighted by Crippen LogP contribution is -2.38. The van der Waals surface area contributed by atoms with Crippen LogP contribution in [0.1, 0.15) is 40.4 Å². The molecule has 28 heavy (non-hydrogen) atoms. The second-order valence-corrected chi connectivity index (χ2v) is 7.97. The number of likely N-dealkylation sites (tertiary alicyclic amines) is 1. The van der Waals surface area contributed by atoms with Gasteiger partial charge in [0.05, 0.1) is 13.2 Å². The smallest absolute Gasteiger partial charge is 0.253 e. The molecule has 2 aliphatic rings. The lowest BCUT2D eigenvalue weighted by Gasteiger charge is -2.32. The van der Waals surface area contributed by atoms with Gasteiger partial charge in [0.1, 0.15) is 6.10 Å². The van der Waals surface area contributed by atoms with Crippen molar-refractivity contribution in [1.29, 1.82) is 0 Å². The van der Waals surface area contributed by atoms with E-state index < -0.39 is 0 Å². The van der Waals surface area contributed by atoms with Crippen LogP contribution in [0, 0.1) is 5.92 Å². The Morgan fingerprint density at radius 2 is 1.79 bits per heavy atom. The monoisotopic (exact) mass is 396 g/mol. The number of carbonyl (C=O) groups is 1. The summed E-state index contributed by atoms with van der Waals surface area (Å²) in [5, 5.41) is 0.656. The van der Waals surface area contributed by atoms with Crippen LogP contribution in [-0.4, -0.2) is 43.3 Å². The molecule has 2 aromatic carbocycles. The van der Waals surface area contributed by atoms with Crippen LogP contribution >= 0.6 is 11.6 Å². The number of carbonyl (C=O) groups excluding carboxylic acids is 1. The molecule has 4 rings (SSSR count). The molecule has 0 N–H and O–H groups in total. The first-order valence-corrected chi connectivity index (χ1v) is 10.3. The van der Waals surface area contributed by atoms with Crippen LogP contribution in [0.2, 0.25) is 5.02 Å². The molecular weight excluding hydrogens is 372 g/mol. The Balaban J connectivity index is 1.29. The number of hydrogen-bond acceptors (Lipinski definition) is 3. The maximum atomic E-state index is 12.6. The first-order valence-electron chi connectivity index (χ1n) is 9.94. The van der Waals surface area contributed by atoms with Gasteiger partial charge in [0, 0.05) is 29.9 Å². The fraction of sp³-hybridized carbons (Fsp3) is 0.391. The minimum Gasteiger partial charge on any atom is -0.366 e. The summed E-state index contributed by atoms with van der Waals surface area (Å²) in [4.78, 5) is 18.9. The molecule has 2 aliphatic heterocycles. The zero-order chi connectivity index (χ0) is 19.3. The molecule has 1 fully saturated rings. The number of piperidine rings is 1. The van der Waals surface area contributed by atoms with Crippen LogP contribution in [0.3, 0.4) is 0 Å². The zero-order valence-corrected chi connectivity index (χ0v) is 16.6. The van der Waals surface area contributed by atoms with Crippen LogP contribution in [-0.2, 0) is 11.2 Å². The van der Waals surface area contributed by atoms with Gasteiger partial charge in [-0.05, 0) is 60.6 Å². The van der Waals surface area contributed by atoms with Gasteiger partial charge in [-0.25, -0.2) is 0 Å². The Morgan fingerprint density at radius 3 is 2.43 bits per heavy atom. The van der Waals surface area contributed by atoms with Crippen molar-refractivity contribution in [3.8, 4) is 0 Å². The van der Waals surface area contributed by atoms with Gasteiger partial charge in [0.15, 0.2) is 0 Å².